The predicted molar refractivity (Wildman–Crippen MR) is 84.8 cm³/mol. The highest BCUT2D eigenvalue weighted by molar-refractivity contribution is 7.12. The lowest BCUT2D eigenvalue weighted by Gasteiger charge is -2.35. The average molecular weight is 280 g/mol. The molecule has 108 valence electrons. The summed E-state index contributed by atoms with van der Waals surface area (Å²) in [6.45, 7) is 11.3. The Labute approximate surface area is 122 Å². The monoisotopic (exact) mass is 280 g/mol. The molecule has 19 heavy (non-hydrogen) atoms. The van der Waals surface area contributed by atoms with Gasteiger partial charge >= 0.3 is 0 Å². The largest absolute Gasteiger partial charge is 0.312 e. The fourth-order valence-electron chi connectivity index (χ4n) is 3.03. The van der Waals surface area contributed by atoms with Crippen LogP contribution >= 0.6 is 11.3 Å². The highest BCUT2D eigenvalue weighted by atomic mass is 32.1. The van der Waals surface area contributed by atoms with Gasteiger partial charge in [-0.2, -0.15) is 0 Å². The molecule has 2 rings (SSSR count). The Morgan fingerprint density at radius 2 is 2.21 bits per heavy atom. The van der Waals surface area contributed by atoms with Gasteiger partial charge in [0.1, 0.15) is 0 Å². The quantitative estimate of drug-likeness (QED) is 0.849. The first-order valence-corrected chi connectivity index (χ1v) is 8.59. The van der Waals surface area contributed by atoms with E-state index >= 15 is 0 Å². The molecule has 3 heteroatoms. The van der Waals surface area contributed by atoms with Crippen LogP contribution in [0.15, 0.2) is 6.07 Å². The van der Waals surface area contributed by atoms with Gasteiger partial charge in [0.05, 0.1) is 0 Å². The number of rotatable bonds is 6. The van der Waals surface area contributed by atoms with Gasteiger partial charge in [0.15, 0.2) is 0 Å². The van der Waals surface area contributed by atoms with Crippen LogP contribution in [0.25, 0.3) is 0 Å². The summed E-state index contributed by atoms with van der Waals surface area (Å²) < 4.78 is 0. The summed E-state index contributed by atoms with van der Waals surface area (Å²) in [6, 6.07) is 3.23. The third kappa shape index (κ3) is 4.04. The van der Waals surface area contributed by atoms with E-state index in [2.05, 4.69) is 37.1 Å². The topological polar surface area (TPSA) is 15.3 Å². The van der Waals surface area contributed by atoms with Crippen LogP contribution in [0.2, 0.25) is 0 Å². The molecule has 1 saturated heterocycles. The van der Waals surface area contributed by atoms with Gasteiger partial charge in [-0.05, 0) is 50.9 Å². The lowest BCUT2D eigenvalue weighted by molar-refractivity contribution is 0.136. The van der Waals surface area contributed by atoms with Gasteiger partial charge in [0.25, 0.3) is 0 Å². The molecule has 0 spiro atoms. The molecule has 1 aromatic rings. The van der Waals surface area contributed by atoms with Crippen molar-refractivity contribution >= 4 is 11.3 Å². The zero-order valence-corrected chi connectivity index (χ0v) is 13.5. The van der Waals surface area contributed by atoms with Crippen LogP contribution in [-0.2, 0) is 13.1 Å². The first-order chi connectivity index (χ1) is 9.24. The molecule has 1 unspecified atom stereocenters. The van der Waals surface area contributed by atoms with Crippen LogP contribution in [-0.4, -0.2) is 24.0 Å². The molecule has 1 N–H and O–H groups in total. The molecule has 0 aliphatic carbocycles. The molecule has 2 heterocycles. The van der Waals surface area contributed by atoms with Crippen molar-refractivity contribution in [2.75, 3.05) is 13.1 Å². The van der Waals surface area contributed by atoms with Gasteiger partial charge in [-0.25, -0.2) is 0 Å². The summed E-state index contributed by atoms with van der Waals surface area (Å²) in [5.41, 5.74) is 1.55. The SMILES string of the molecule is CCNCc1cc(CN2CCCCC2CC)c(C)s1. The van der Waals surface area contributed by atoms with Crippen LogP contribution < -0.4 is 5.32 Å². The van der Waals surface area contributed by atoms with Crippen LogP contribution in [0.4, 0.5) is 0 Å². The number of nitrogens with one attached hydrogen (secondary N) is 1. The molecule has 0 radical (unpaired) electrons. The molecule has 0 amide bonds. The van der Waals surface area contributed by atoms with Crippen molar-refractivity contribution in [3.8, 4) is 0 Å². The van der Waals surface area contributed by atoms with E-state index in [0.717, 1.165) is 25.7 Å². The minimum atomic E-state index is 0.810. The van der Waals surface area contributed by atoms with E-state index in [4.69, 9.17) is 0 Å². The Morgan fingerprint density at radius 3 is 2.95 bits per heavy atom. The fourth-order valence-corrected chi connectivity index (χ4v) is 4.05. The number of piperidine rings is 1. The second-order valence-electron chi connectivity index (χ2n) is 5.60. The zero-order chi connectivity index (χ0) is 13.7. The Bertz CT molecular complexity index is 386. The minimum absolute atomic E-state index is 0.810. The molecule has 1 aliphatic heterocycles. The van der Waals surface area contributed by atoms with Gasteiger partial charge in [0.2, 0.25) is 0 Å². The number of nitrogens with zero attached hydrogens (tertiary/aromatic N) is 1. The summed E-state index contributed by atoms with van der Waals surface area (Å²) in [4.78, 5) is 5.70. The maximum atomic E-state index is 3.43. The Balaban J connectivity index is 1.99. The molecule has 1 atom stereocenters. The van der Waals surface area contributed by atoms with Crippen molar-refractivity contribution in [3.05, 3.63) is 21.4 Å². The van der Waals surface area contributed by atoms with Gasteiger partial charge in [-0.3, -0.25) is 4.90 Å². The second kappa shape index (κ2) is 7.41. The zero-order valence-electron chi connectivity index (χ0n) is 12.7. The third-order valence-electron chi connectivity index (χ3n) is 4.21. The van der Waals surface area contributed by atoms with E-state index in [9.17, 15) is 0 Å². The number of hydrogen-bond acceptors (Lipinski definition) is 3. The average Bonchev–Trinajstić information content (AvgIpc) is 2.77. The van der Waals surface area contributed by atoms with Crippen molar-refractivity contribution in [1.29, 1.82) is 0 Å². The fraction of sp³-hybridized carbons (Fsp3) is 0.750. The molecule has 1 fully saturated rings. The van der Waals surface area contributed by atoms with Crippen molar-refractivity contribution in [2.24, 2.45) is 0 Å². The second-order valence-corrected chi connectivity index (χ2v) is 6.94. The normalized spacial score (nSPS) is 20.9. The van der Waals surface area contributed by atoms with Gasteiger partial charge in [0, 0.05) is 28.9 Å². The predicted octanol–water partition coefficient (Wildman–Crippen LogP) is 3.93. The molecular formula is C16H28N2S. The van der Waals surface area contributed by atoms with E-state index < -0.39 is 0 Å². The van der Waals surface area contributed by atoms with Gasteiger partial charge in [-0.15, -0.1) is 11.3 Å². The Morgan fingerprint density at radius 1 is 1.37 bits per heavy atom. The van der Waals surface area contributed by atoms with Crippen molar-refractivity contribution in [3.63, 3.8) is 0 Å². The summed E-state index contributed by atoms with van der Waals surface area (Å²) in [5.74, 6) is 0. The lowest BCUT2D eigenvalue weighted by Crippen LogP contribution is -2.38. The first-order valence-electron chi connectivity index (χ1n) is 7.77. The highest BCUT2D eigenvalue weighted by Crippen LogP contribution is 2.27. The highest BCUT2D eigenvalue weighted by Gasteiger charge is 2.21. The van der Waals surface area contributed by atoms with E-state index in [1.807, 2.05) is 11.3 Å². The van der Waals surface area contributed by atoms with E-state index in [1.54, 1.807) is 5.56 Å². The third-order valence-corrected chi connectivity index (χ3v) is 5.31. The van der Waals surface area contributed by atoms with Crippen LogP contribution in [0.5, 0.6) is 0 Å². The Hall–Kier alpha value is -0.380. The molecule has 0 saturated carbocycles. The first kappa shape index (κ1) is 15.0. The van der Waals surface area contributed by atoms with Crippen LogP contribution in [0, 0.1) is 6.92 Å². The van der Waals surface area contributed by atoms with Crippen LogP contribution in [0.3, 0.4) is 0 Å². The summed E-state index contributed by atoms with van der Waals surface area (Å²) in [5, 5.41) is 3.43. The lowest BCUT2D eigenvalue weighted by atomic mass is 9.99. The number of hydrogen-bond donors (Lipinski definition) is 1. The molecule has 1 aromatic heterocycles. The maximum Gasteiger partial charge on any atom is 0.0299 e. The van der Waals surface area contributed by atoms with Crippen molar-refractivity contribution in [1.82, 2.24) is 10.2 Å². The molecule has 1 aliphatic rings. The summed E-state index contributed by atoms with van der Waals surface area (Å²) in [7, 11) is 0. The van der Waals surface area contributed by atoms with Crippen LogP contribution in [0.1, 0.15) is 54.8 Å². The van der Waals surface area contributed by atoms with Gasteiger partial charge < -0.3 is 5.32 Å². The number of aryl methyl sites for hydroxylation is 1. The van der Waals surface area contributed by atoms with Gasteiger partial charge in [-0.1, -0.05) is 20.3 Å². The van der Waals surface area contributed by atoms with Crippen molar-refractivity contribution < 1.29 is 0 Å². The maximum absolute atomic E-state index is 3.43. The van der Waals surface area contributed by atoms with E-state index in [1.165, 1.54) is 42.0 Å². The molecule has 2 nitrogen and oxygen atoms in total. The molecule has 0 aromatic carbocycles. The minimum Gasteiger partial charge on any atom is -0.312 e. The number of likely N-dealkylation sites (tertiary alicyclic amines) is 1. The molecule has 0 bridgehead atoms. The number of thiophene rings is 1. The Kier molecular flexibility index (Phi) is 5.86. The molecular weight excluding hydrogens is 252 g/mol. The summed E-state index contributed by atoms with van der Waals surface area (Å²) in [6.07, 6.45) is 5.49. The van der Waals surface area contributed by atoms with E-state index in [-0.39, 0.29) is 0 Å². The standard InChI is InChI=1S/C16H28N2S/c1-4-15-8-6-7-9-18(15)12-14-10-16(11-17-5-2)19-13(14)3/h10,15,17H,4-9,11-12H2,1-3H3. The van der Waals surface area contributed by atoms with E-state index in [0.29, 0.717) is 0 Å². The van der Waals surface area contributed by atoms with Crippen molar-refractivity contribution in [2.45, 2.75) is 65.6 Å². The summed E-state index contributed by atoms with van der Waals surface area (Å²) >= 11 is 1.96. The smallest absolute Gasteiger partial charge is 0.0299 e.